The maximum atomic E-state index is 5.83. The first-order chi connectivity index (χ1) is 8.05. The third-order valence-corrected chi connectivity index (χ3v) is 3.12. The normalized spacial score (nSPS) is 20.4. The molecule has 0 aromatic heterocycles. The zero-order valence-corrected chi connectivity index (χ0v) is 10.9. The minimum atomic E-state index is 0.263. The predicted molar refractivity (Wildman–Crippen MR) is 70.8 cm³/mol. The van der Waals surface area contributed by atoms with Crippen molar-refractivity contribution < 1.29 is 4.74 Å². The van der Waals surface area contributed by atoms with E-state index in [-0.39, 0.29) is 5.41 Å². The monoisotopic (exact) mass is 231 g/mol. The molecule has 1 atom stereocenters. The van der Waals surface area contributed by atoms with Crippen molar-refractivity contribution in [2.45, 2.75) is 39.7 Å². The minimum absolute atomic E-state index is 0.263. The standard InChI is InChI=1S/C15H21NO/c1-15(2,3)13-10-7-11-14(16-13)17-12-8-5-4-6-9-12/h4-6,8-9,11,13,16H,7,10H2,1-3H3. The van der Waals surface area contributed by atoms with Gasteiger partial charge in [-0.05, 0) is 36.5 Å². The number of rotatable bonds is 2. The maximum Gasteiger partial charge on any atom is 0.189 e. The summed E-state index contributed by atoms with van der Waals surface area (Å²) in [6.07, 6.45) is 4.39. The molecule has 0 saturated heterocycles. The highest BCUT2D eigenvalue weighted by Gasteiger charge is 2.27. The second-order valence-corrected chi connectivity index (χ2v) is 5.62. The van der Waals surface area contributed by atoms with E-state index >= 15 is 0 Å². The molecular formula is C15H21NO. The first kappa shape index (κ1) is 12.0. The molecule has 17 heavy (non-hydrogen) atoms. The summed E-state index contributed by atoms with van der Waals surface area (Å²) >= 11 is 0. The van der Waals surface area contributed by atoms with Gasteiger partial charge in [-0.15, -0.1) is 0 Å². The summed E-state index contributed by atoms with van der Waals surface area (Å²) in [4.78, 5) is 0. The van der Waals surface area contributed by atoms with Crippen LogP contribution in [0.25, 0.3) is 0 Å². The Labute approximate surface area is 104 Å². The van der Waals surface area contributed by atoms with Gasteiger partial charge < -0.3 is 10.1 Å². The van der Waals surface area contributed by atoms with Crippen molar-refractivity contribution in [3.8, 4) is 5.75 Å². The first-order valence-electron chi connectivity index (χ1n) is 6.25. The number of benzene rings is 1. The Kier molecular flexibility index (Phi) is 3.41. The van der Waals surface area contributed by atoms with Crippen LogP contribution < -0.4 is 10.1 Å². The number of hydrogen-bond donors (Lipinski definition) is 1. The van der Waals surface area contributed by atoms with Gasteiger partial charge in [-0.1, -0.05) is 39.0 Å². The van der Waals surface area contributed by atoms with Crippen LogP contribution in [0.4, 0.5) is 0 Å². The van der Waals surface area contributed by atoms with Crippen LogP contribution in [0.1, 0.15) is 33.6 Å². The average Bonchev–Trinajstić information content (AvgIpc) is 2.29. The van der Waals surface area contributed by atoms with Gasteiger partial charge in [0.2, 0.25) is 0 Å². The Bertz CT molecular complexity index is 389. The highest BCUT2D eigenvalue weighted by molar-refractivity contribution is 5.23. The molecule has 1 unspecified atom stereocenters. The summed E-state index contributed by atoms with van der Waals surface area (Å²) < 4.78 is 5.83. The largest absolute Gasteiger partial charge is 0.442 e. The third-order valence-electron chi connectivity index (χ3n) is 3.12. The Morgan fingerprint density at radius 2 is 1.88 bits per heavy atom. The van der Waals surface area contributed by atoms with E-state index in [1.807, 2.05) is 30.3 Å². The third kappa shape index (κ3) is 3.26. The molecule has 0 radical (unpaired) electrons. The van der Waals surface area contributed by atoms with Gasteiger partial charge in [0.25, 0.3) is 0 Å². The van der Waals surface area contributed by atoms with Crippen LogP contribution >= 0.6 is 0 Å². The molecule has 2 heteroatoms. The van der Waals surface area contributed by atoms with E-state index in [0.717, 1.165) is 18.1 Å². The lowest BCUT2D eigenvalue weighted by Gasteiger charge is -2.35. The average molecular weight is 231 g/mol. The van der Waals surface area contributed by atoms with Crippen LogP contribution in [0.15, 0.2) is 42.3 Å². The van der Waals surface area contributed by atoms with Crippen molar-refractivity contribution in [3.05, 3.63) is 42.3 Å². The van der Waals surface area contributed by atoms with E-state index in [1.165, 1.54) is 6.42 Å². The minimum Gasteiger partial charge on any atom is -0.442 e. The van der Waals surface area contributed by atoms with Crippen molar-refractivity contribution in [1.29, 1.82) is 0 Å². The van der Waals surface area contributed by atoms with Crippen LogP contribution in [-0.2, 0) is 0 Å². The Hall–Kier alpha value is -1.44. The summed E-state index contributed by atoms with van der Waals surface area (Å²) in [5.74, 6) is 1.78. The highest BCUT2D eigenvalue weighted by atomic mass is 16.5. The van der Waals surface area contributed by atoms with Crippen LogP contribution in [0, 0.1) is 5.41 Å². The van der Waals surface area contributed by atoms with Gasteiger partial charge in [-0.2, -0.15) is 0 Å². The van der Waals surface area contributed by atoms with Crippen LogP contribution in [0.3, 0.4) is 0 Å². The lowest BCUT2D eigenvalue weighted by molar-refractivity contribution is 0.224. The first-order valence-corrected chi connectivity index (χ1v) is 6.25. The fraction of sp³-hybridized carbons (Fsp3) is 0.467. The highest BCUT2D eigenvalue weighted by Crippen LogP contribution is 2.27. The molecule has 0 saturated carbocycles. The second kappa shape index (κ2) is 4.82. The van der Waals surface area contributed by atoms with Crippen molar-refractivity contribution >= 4 is 0 Å². The van der Waals surface area contributed by atoms with Crippen molar-refractivity contribution in [1.82, 2.24) is 5.32 Å². The van der Waals surface area contributed by atoms with E-state index < -0.39 is 0 Å². The molecule has 2 nitrogen and oxygen atoms in total. The predicted octanol–water partition coefficient (Wildman–Crippen LogP) is 3.70. The number of hydrogen-bond acceptors (Lipinski definition) is 2. The number of para-hydroxylation sites is 1. The van der Waals surface area contributed by atoms with Gasteiger partial charge >= 0.3 is 0 Å². The Balaban J connectivity index is 2.01. The van der Waals surface area contributed by atoms with Crippen LogP contribution in [0.2, 0.25) is 0 Å². The summed E-state index contributed by atoms with van der Waals surface area (Å²) in [6.45, 7) is 6.78. The van der Waals surface area contributed by atoms with Gasteiger partial charge in [0.15, 0.2) is 5.88 Å². The molecule has 0 bridgehead atoms. The van der Waals surface area contributed by atoms with Crippen molar-refractivity contribution in [2.75, 3.05) is 0 Å². The van der Waals surface area contributed by atoms with Gasteiger partial charge in [0.1, 0.15) is 5.75 Å². The summed E-state index contributed by atoms with van der Waals surface area (Å²) in [5, 5.41) is 3.48. The Morgan fingerprint density at radius 1 is 1.18 bits per heavy atom. The van der Waals surface area contributed by atoms with E-state index in [9.17, 15) is 0 Å². The van der Waals surface area contributed by atoms with E-state index in [0.29, 0.717) is 6.04 Å². The molecule has 1 aliphatic rings. The molecule has 1 N–H and O–H groups in total. The second-order valence-electron chi connectivity index (χ2n) is 5.62. The topological polar surface area (TPSA) is 21.3 Å². The molecule has 1 heterocycles. The molecular weight excluding hydrogens is 210 g/mol. The summed E-state index contributed by atoms with van der Waals surface area (Å²) in [5.41, 5.74) is 0.263. The van der Waals surface area contributed by atoms with Gasteiger partial charge in [0, 0.05) is 6.04 Å². The van der Waals surface area contributed by atoms with Crippen LogP contribution in [0.5, 0.6) is 5.75 Å². The van der Waals surface area contributed by atoms with Crippen molar-refractivity contribution in [3.63, 3.8) is 0 Å². The molecule has 92 valence electrons. The quantitative estimate of drug-likeness (QED) is 0.838. The van der Waals surface area contributed by atoms with Gasteiger partial charge in [-0.3, -0.25) is 0 Å². The van der Waals surface area contributed by atoms with Crippen LogP contribution in [-0.4, -0.2) is 6.04 Å². The number of ether oxygens (including phenoxy) is 1. The molecule has 1 aromatic rings. The van der Waals surface area contributed by atoms with E-state index in [4.69, 9.17) is 4.74 Å². The van der Waals surface area contributed by atoms with Gasteiger partial charge in [-0.25, -0.2) is 0 Å². The lowest BCUT2D eigenvalue weighted by Crippen LogP contribution is -2.42. The molecule has 0 amide bonds. The van der Waals surface area contributed by atoms with E-state index in [2.05, 4.69) is 32.2 Å². The summed E-state index contributed by atoms with van der Waals surface area (Å²) in [6, 6.07) is 10.4. The molecule has 1 aliphatic heterocycles. The molecule has 0 aliphatic carbocycles. The zero-order chi connectivity index (χ0) is 12.3. The summed E-state index contributed by atoms with van der Waals surface area (Å²) in [7, 11) is 0. The fourth-order valence-electron chi connectivity index (χ4n) is 2.02. The maximum absolute atomic E-state index is 5.83. The Morgan fingerprint density at radius 3 is 2.53 bits per heavy atom. The zero-order valence-electron chi connectivity index (χ0n) is 10.9. The smallest absolute Gasteiger partial charge is 0.189 e. The molecule has 0 spiro atoms. The molecule has 2 rings (SSSR count). The van der Waals surface area contributed by atoms with Gasteiger partial charge in [0.05, 0.1) is 0 Å². The molecule has 0 fully saturated rings. The van der Waals surface area contributed by atoms with Crippen molar-refractivity contribution in [2.24, 2.45) is 5.41 Å². The fourth-order valence-corrected chi connectivity index (χ4v) is 2.02. The van der Waals surface area contributed by atoms with E-state index in [1.54, 1.807) is 0 Å². The number of allylic oxidation sites excluding steroid dienone is 1. The lowest BCUT2D eigenvalue weighted by atomic mass is 9.83. The number of nitrogens with one attached hydrogen (secondary N) is 1. The molecule has 1 aromatic carbocycles. The SMILES string of the molecule is CC(C)(C)C1CCC=C(Oc2ccccc2)N1.